The molecule has 0 amide bonds. The summed E-state index contributed by atoms with van der Waals surface area (Å²) in [6, 6.07) is 20.6. The molecule has 130 valence electrons. The Labute approximate surface area is 148 Å². The van der Waals surface area contributed by atoms with Crippen LogP contribution >= 0.6 is 0 Å². The molecule has 0 fully saturated rings. The van der Waals surface area contributed by atoms with Gasteiger partial charge < -0.3 is 4.74 Å². The second-order valence-corrected chi connectivity index (χ2v) is 7.94. The van der Waals surface area contributed by atoms with Gasteiger partial charge in [-0.2, -0.15) is 0 Å². The van der Waals surface area contributed by atoms with E-state index in [1.54, 1.807) is 26.3 Å². The zero-order valence-electron chi connectivity index (χ0n) is 14.3. The van der Waals surface area contributed by atoms with E-state index in [1.165, 1.54) is 4.31 Å². The maximum atomic E-state index is 12.8. The summed E-state index contributed by atoms with van der Waals surface area (Å²) in [5.41, 5.74) is 0.991. The van der Waals surface area contributed by atoms with E-state index in [9.17, 15) is 8.42 Å². The Kier molecular flexibility index (Phi) is 5.06. The summed E-state index contributed by atoms with van der Waals surface area (Å²) in [7, 11) is -0.297. The average Bonchev–Trinajstić information content (AvgIpc) is 2.65. The lowest BCUT2D eigenvalue weighted by atomic mass is 10.1. The molecule has 0 aromatic heterocycles. The lowest BCUT2D eigenvalue weighted by Crippen LogP contribution is -2.29. The molecule has 3 aromatic rings. The summed E-state index contributed by atoms with van der Waals surface area (Å²) >= 11 is 0. The summed E-state index contributed by atoms with van der Waals surface area (Å²) in [5.74, 6) is 0.777. The molecule has 0 saturated carbocycles. The molecule has 0 spiro atoms. The first kappa shape index (κ1) is 17.5. The number of methoxy groups -OCH3 is 1. The highest BCUT2D eigenvalue weighted by Crippen LogP contribution is 2.22. The molecule has 0 unspecified atom stereocenters. The van der Waals surface area contributed by atoms with Crippen molar-refractivity contribution in [2.24, 2.45) is 0 Å². The van der Waals surface area contributed by atoms with Crippen LogP contribution in [0.25, 0.3) is 10.8 Å². The summed E-state index contributed by atoms with van der Waals surface area (Å²) in [4.78, 5) is 0.314. The topological polar surface area (TPSA) is 46.6 Å². The molecule has 0 aliphatic carbocycles. The van der Waals surface area contributed by atoms with Crippen LogP contribution in [0.15, 0.2) is 71.6 Å². The van der Waals surface area contributed by atoms with E-state index < -0.39 is 10.0 Å². The molecule has 4 nitrogen and oxygen atoms in total. The summed E-state index contributed by atoms with van der Waals surface area (Å²) in [6.07, 6.45) is 0.591. The van der Waals surface area contributed by atoms with Gasteiger partial charge >= 0.3 is 0 Å². The van der Waals surface area contributed by atoms with Crippen molar-refractivity contribution in [3.63, 3.8) is 0 Å². The van der Waals surface area contributed by atoms with Crippen molar-refractivity contribution in [3.8, 4) is 5.75 Å². The van der Waals surface area contributed by atoms with E-state index in [1.807, 2.05) is 54.6 Å². The lowest BCUT2D eigenvalue weighted by Gasteiger charge is -2.18. The number of rotatable bonds is 6. The number of likely N-dealkylation sites (N-methyl/N-ethyl adjacent to an activating group) is 1. The van der Waals surface area contributed by atoms with E-state index >= 15 is 0 Å². The molecule has 5 heteroatoms. The van der Waals surface area contributed by atoms with Crippen molar-refractivity contribution >= 4 is 20.8 Å². The monoisotopic (exact) mass is 355 g/mol. The van der Waals surface area contributed by atoms with Crippen molar-refractivity contribution in [1.82, 2.24) is 4.31 Å². The SMILES string of the molecule is COc1ccccc1CCN(C)S(=O)(=O)c1ccc2ccccc2c1. The lowest BCUT2D eigenvalue weighted by molar-refractivity contribution is 0.406. The number of sulfonamides is 1. The molecule has 0 heterocycles. The number of para-hydroxylation sites is 1. The van der Waals surface area contributed by atoms with E-state index in [4.69, 9.17) is 4.74 Å². The minimum Gasteiger partial charge on any atom is -0.496 e. The molecule has 0 radical (unpaired) electrons. The maximum absolute atomic E-state index is 12.8. The van der Waals surface area contributed by atoms with Gasteiger partial charge in [0.2, 0.25) is 10.0 Å². The molecule has 25 heavy (non-hydrogen) atoms. The minimum absolute atomic E-state index is 0.314. The first-order chi connectivity index (χ1) is 12.0. The first-order valence-corrected chi connectivity index (χ1v) is 9.53. The minimum atomic E-state index is -3.53. The van der Waals surface area contributed by atoms with Gasteiger partial charge in [-0.3, -0.25) is 0 Å². The number of ether oxygens (including phenoxy) is 1. The van der Waals surface area contributed by atoms with Crippen molar-refractivity contribution in [2.45, 2.75) is 11.3 Å². The Bertz CT molecular complexity index is 983. The van der Waals surface area contributed by atoms with Crippen LogP contribution in [0.4, 0.5) is 0 Å². The largest absolute Gasteiger partial charge is 0.496 e. The number of nitrogens with zero attached hydrogens (tertiary/aromatic N) is 1. The number of hydrogen-bond donors (Lipinski definition) is 0. The molecule has 0 N–H and O–H groups in total. The van der Waals surface area contributed by atoms with Crippen LogP contribution in [0.3, 0.4) is 0 Å². The van der Waals surface area contributed by atoms with Gasteiger partial charge in [-0.15, -0.1) is 0 Å². The van der Waals surface area contributed by atoms with Crippen LogP contribution in [0.2, 0.25) is 0 Å². The first-order valence-electron chi connectivity index (χ1n) is 8.09. The predicted molar refractivity (Wildman–Crippen MR) is 100 cm³/mol. The van der Waals surface area contributed by atoms with Gasteiger partial charge in [0.15, 0.2) is 0 Å². The molecule has 0 aliphatic rings. The van der Waals surface area contributed by atoms with Crippen molar-refractivity contribution in [2.75, 3.05) is 20.7 Å². The zero-order valence-corrected chi connectivity index (χ0v) is 15.2. The molecule has 3 rings (SSSR count). The zero-order chi connectivity index (χ0) is 17.9. The van der Waals surface area contributed by atoms with Crippen molar-refractivity contribution < 1.29 is 13.2 Å². The number of benzene rings is 3. The predicted octanol–water partition coefficient (Wildman–Crippen LogP) is 3.71. The second-order valence-electron chi connectivity index (χ2n) is 5.90. The van der Waals surface area contributed by atoms with Crippen LogP contribution in [0.5, 0.6) is 5.75 Å². The van der Waals surface area contributed by atoms with Gasteiger partial charge in [-0.1, -0.05) is 48.5 Å². The molecular weight excluding hydrogens is 334 g/mol. The maximum Gasteiger partial charge on any atom is 0.242 e. The summed E-state index contributed by atoms with van der Waals surface area (Å²) in [6.45, 7) is 0.384. The Morgan fingerprint density at radius 2 is 1.60 bits per heavy atom. The fourth-order valence-corrected chi connectivity index (χ4v) is 4.02. The normalized spacial score (nSPS) is 11.8. The Morgan fingerprint density at radius 1 is 0.920 bits per heavy atom. The fourth-order valence-electron chi connectivity index (χ4n) is 2.82. The van der Waals surface area contributed by atoms with Gasteiger partial charge in [0.25, 0.3) is 0 Å². The quantitative estimate of drug-likeness (QED) is 0.677. The molecule has 0 bridgehead atoms. The Morgan fingerprint density at radius 3 is 2.36 bits per heavy atom. The highest BCUT2D eigenvalue weighted by atomic mass is 32.2. The third-order valence-electron chi connectivity index (χ3n) is 4.32. The van der Waals surface area contributed by atoms with E-state index in [-0.39, 0.29) is 0 Å². The van der Waals surface area contributed by atoms with Crippen LogP contribution in [-0.4, -0.2) is 33.4 Å². The molecular formula is C20H21NO3S. The van der Waals surface area contributed by atoms with Crippen molar-refractivity contribution in [3.05, 3.63) is 72.3 Å². The highest BCUT2D eigenvalue weighted by Gasteiger charge is 2.21. The van der Waals surface area contributed by atoms with Gasteiger partial charge in [-0.05, 0) is 41.0 Å². The van der Waals surface area contributed by atoms with E-state index in [0.717, 1.165) is 22.1 Å². The number of hydrogen-bond acceptors (Lipinski definition) is 3. The van der Waals surface area contributed by atoms with E-state index in [0.29, 0.717) is 17.9 Å². The highest BCUT2D eigenvalue weighted by molar-refractivity contribution is 7.89. The van der Waals surface area contributed by atoms with Gasteiger partial charge in [0, 0.05) is 13.6 Å². The smallest absolute Gasteiger partial charge is 0.242 e. The third-order valence-corrected chi connectivity index (χ3v) is 6.17. The third kappa shape index (κ3) is 3.67. The van der Waals surface area contributed by atoms with Crippen LogP contribution in [0.1, 0.15) is 5.56 Å². The number of fused-ring (bicyclic) bond motifs is 1. The van der Waals surface area contributed by atoms with Crippen LogP contribution in [0, 0.1) is 0 Å². The van der Waals surface area contributed by atoms with E-state index in [2.05, 4.69) is 0 Å². The van der Waals surface area contributed by atoms with Crippen LogP contribution in [-0.2, 0) is 16.4 Å². The standard InChI is InChI=1S/C20H21NO3S/c1-21(14-13-17-8-5-6-10-20(17)24-2)25(22,23)19-12-11-16-7-3-4-9-18(16)15-19/h3-12,15H,13-14H2,1-2H3. The molecule has 3 aromatic carbocycles. The van der Waals surface area contributed by atoms with Gasteiger partial charge in [-0.25, -0.2) is 12.7 Å². The molecule has 0 atom stereocenters. The summed E-state index contributed by atoms with van der Waals surface area (Å²) < 4.78 is 32.4. The Balaban J connectivity index is 1.80. The van der Waals surface area contributed by atoms with Gasteiger partial charge in [0.05, 0.1) is 12.0 Å². The second kappa shape index (κ2) is 7.25. The summed E-state index contributed by atoms with van der Waals surface area (Å²) in [5, 5.41) is 1.94. The fraction of sp³-hybridized carbons (Fsp3) is 0.200. The molecule has 0 aliphatic heterocycles. The Hall–Kier alpha value is -2.37. The molecule has 0 saturated heterocycles. The average molecular weight is 355 g/mol. The van der Waals surface area contributed by atoms with Gasteiger partial charge in [0.1, 0.15) is 5.75 Å². The van der Waals surface area contributed by atoms with Crippen LogP contribution < -0.4 is 4.74 Å². The van der Waals surface area contributed by atoms with Crippen molar-refractivity contribution in [1.29, 1.82) is 0 Å².